The Balaban J connectivity index is 2.51. The number of ketones is 1. The van der Waals surface area contributed by atoms with Crippen LogP contribution in [0.5, 0.6) is 0 Å². The maximum Gasteiger partial charge on any atom is 0.408 e. The van der Waals surface area contributed by atoms with E-state index >= 15 is 0 Å². The van der Waals surface area contributed by atoms with Gasteiger partial charge < -0.3 is 10.1 Å². The maximum absolute atomic E-state index is 11.6. The summed E-state index contributed by atoms with van der Waals surface area (Å²) in [5, 5.41) is 2.75. The van der Waals surface area contributed by atoms with E-state index in [1.807, 2.05) is 32.9 Å². The fourth-order valence-corrected chi connectivity index (χ4v) is 1.85. The largest absolute Gasteiger partial charge is 0.444 e. The van der Waals surface area contributed by atoms with Crippen molar-refractivity contribution in [3.63, 3.8) is 0 Å². The molecule has 1 rings (SSSR count). The third kappa shape index (κ3) is 4.73. The van der Waals surface area contributed by atoms with Crippen molar-refractivity contribution in [2.45, 2.75) is 45.3 Å². The number of allylic oxidation sites excluding steroid dienone is 2. The molecule has 18 heavy (non-hydrogen) atoms. The second kappa shape index (κ2) is 5.85. The Morgan fingerprint density at radius 2 is 2.11 bits per heavy atom. The van der Waals surface area contributed by atoms with E-state index in [-0.39, 0.29) is 17.7 Å². The van der Waals surface area contributed by atoms with Gasteiger partial charge in [0, 0.05) is 5.92 Å². The lowest BCUT2D eigenvalue weighted by Crippen LogP contribution is -2.40. The molecule has 0 aromatic rings. The molecule has 1 N–H and O–H groups in total. The molecule has 1 aliphatic rings. The summed E-state index contributed by atoms with van der Waals surface area (Å²) in [4.78, 5) is 23.1. The predicted molar refractivity (Wildman–Crippen MR) is 70.2 cm³/mol. The van der Waals surface area contributed by atoms with E-state index in [1.54, 1.807) is 0 Å². The Morgan fingerprint density at radius 3 is 2.67 bits per heavy atom. The maximum atomic E-state index is 11.6. The van der Waals surface area contributed by atoms with Crippen molar-refractivity contribution in [3.8, 4) is 0 Å². The van der Waals surface area contributed by atoms with E-state index in [1.165, 1.54) is 6.08 Å². The lowest BCUT2D eigenvalue weighted by atomic mass is 9.88. The van der Waals surface area contributed by atoms with Crippen LogP contribution in [0.1, 0.15) is 33.6 Å². The molecule has 1 aliphatic carbocycles. The number of nitrogens with one attached hydrogen (secondary N) is 1. The van der Waals surface area contributed by atoms with Crippen molar-refractivity contribution in [2.75, 3.05) is 0 Å². The van der Waals surface area contributed by atoms with Crippen LogP contribution in [0.4, 0.5) is 4.79 Å². The van der Waals surface area contributed by atoms with Gasteiger partial charge in [-0.3, -0.25) is 4.79 Å². The zero-order chi connectivity index (χ0) is 13.8. The first kappa shape index (κ1) is 14.5. The highest BCUT2D eigenvalue weighted by molar-refractivity contribution is 5.91. The summed E-state index contributed by atoms with van der Waals surface area (Å²) in [6.07, 6.45) is 6.00. The molecule has 4 heteroatoms. The first-order chi connectivity index (χ1) is 8.31. The molecule has 1 amide bonds. The number of amides is 1. The summed E-state index contributed by atoms with van der Waals surface area (Å²) in [7, 11) is 0. The quantitative estimate of drug-likeness (QED) is 0.619. The number of rotatable bonds is 3. The summed E-state index contributed by atoms with van der Waals surface area (Å²) in [5.41, 5.74) is -0.515. The van der Waals surface area contributed by atoms with Crippen LogP contribution in [0.3, 0.4) is 0 Å². The van der Waals surface area contributed by atoms with Crippen LogP contribution < -0.4 is 5.32 Å². The van der Waals surface area contributed by atoms with Crippen molar-refractivity contribution in [3.05, 3.63) is 24.8 Å². The van der Waals surface area contributed by atoms with Crippen LogP contribution in [0.2, 0.25) is 0 Å². The van der Waals surface area contributed by atoms with Crippen LogP contribution >= 0.6 is 0 Å². The number of ether oxygens (including phenoxy) is 1. The Labute approximate surface area is 108 Å². The molecular weight excluding hydrogens is 230 g/mol. The van der Waals surface area contributed by atoms with Crippen LogP contribution in [0.25, 0.3) is 0 Å². The Morgan fingerprint density at radius 1 is 1.44 bits per heavy atom. The van der Waals surface area contributed by atoms with Crippen LogP contribution in [0.15, 0.2) is 24.8 Å². The molecule has 0 fully saturated rings. The molecule has 100 valence electrons. The van der Waals surface area contributed by atoms with Gasteiger partial charge in [0.15, 0.2) is 5.78 Å². The third-order valence-corrected chi connectivity index (χ3v) is 2.63. The van der Waals surface area contributed by atoms with Gasteiger partial charge >= 0.3 is 6.09 Å². The smallest absolute Gasteiger partial charge is 0.408 e. The van der Waals surface area contributed by atoms with Gasteiger partial charge in [-0.1, -0.05) is 18.7 Å². The first-order valence-corrected chi connectivity index (χ1v) is 6.14. The predicted octanol–water partition coefficient (Wildman–Crippen LogP) is 2.60. The van der Waals surface area contributed by atoms with Gasteiger partial charge in [0.1, 0.15) is 5.60 Å². The van der Waals surface area contributed by atoms with Gasteiger partial charge in [0.25, 0.3) is 0 Å². The zero-order valence-electron chi connectivity index (χ0n) is 11.2. The molecule has 0 spiro atoms. The standard InChI is InChI=1S/C14H21NO3/c1-5-12(16)10-7-6-8-11(9-10)15-13(17)18-14(2,3)4/h5-6,8,10-11H,1,7,9H2,2-4H3,(H,15,17)/t10-,11-/m0/s1. The van der Waals surface area contributed by atoms with E-state index in [9.17, 15) is 9.59 Å². The minimum Gasteiger partial charge on any atom is -0.444 e. The fourth-order valence-electron chi connectivity index (χ4n) is 1.85. The van der Waals surface area contributed by atoms with E-state index in [2.05, 4.69) is 11.9 Å². The molecule has 0 radical (unpaired) electrons. The molecular formula is C14H21NO3. The Bertz CT molecular complexity index is 366. The van der Waals surface area contributed by atoms with Crippen molar-refractivity contribution in [2.24, 2.45) is 5.92 Å². The molecule has 0 saturated heterocycles. The number of carbonyl (C=O) groups excluding carboxylic acids is 2. The second-order valence-electron chi connectivity index (χ2n) is 5.46. The monoisotopic (exact) mass is 251 g/mol. The highest BCUT2D eigenvalue weighted by atomic mass is 16.6. The molecule has 0 heterocycles. The summed E-state index contributed by atoms with van der Waals surface area (Å²) in [6, 6.07) is -0.150. The third-order valence-electron chi connectivity index (χ3n) is 2.63. The summed E-state index contributed by atoms with van der Waals surface area (Å²) >= 11 is 0. The Kier molecular flexibility index (Phi) is 4.70. The van der Waals surface area contributed by atoms with Gasteiger partial charge in [0.05, 0.1) is 6.04 Å². The molecule has 0 saturated carbocycles. The SMILES string of the molecule is C=CC(=O)[C@H]1CC=C[C@H](NC(=O)OC(C)(C)C)C1. The zero-order valence-corrected chi connectivity index (χ0v) is 11.2. The van der Waals surface area contributed by atoms with Gasteiger partial charge in [-0.15, -0.1) is 0 Å². The topological polar surface area (TPSA) is 55.4 Å². The van der Waals surface area contributed by atoms with Crippen LogP contribution in [-0.2, 0) is 9.53 Å². The van der Waals surface area contributed by atoms with E-state index in [0.29, 0.717) is 12.8 Å². The Hall–Kier alpha value is -1.58. The van der Waals surface area contributed by atoms with Crippen molar-refractivity contribution < 1.29 is 14.3 Å². The average Bonchev–Trinajstić information content (AvgIpc) is 2.25. The summed E-state index contributed by atoms with van der Waals surface area (Å²) in [6.45, 7) is 8.92. The van der Waals surface area contributed by atoms with Gasteiger partial charge in [0.2, 0.25) is 0 Å². The number of carbonyl (C=O) groups is 2. The molecule has 2 atom stereocenters. The highest BCUT2D eigenvalue weighted by Crippen LogP contribution is 2.20. The summed E-state index contributed by atoms with van der Waals surface area (Å²) in [5.74, 6) is -0.0669. The number of hydrogen-bond acceptors (Lipinski definition) is 3. The fraction of sp³-hybridized carbons (Fsp3) is 0.571. The summed E-state index contributed by atoms with van der Waals surface area (Å²) < 4.78 is 5.17. The second-order valence-corrected chi connectivity index (χ2v) is 5.46. The minimum absolute atomic E-state index is 0.0235. The van der Waals surface area contributed by atoms with E-state index < -0.39 is 11.7 Å². The molecule has 0 unspecified atom stereocenters. The highest BCUT2D eigenvalue weighted by Gasteiger charge is 2.25. The van der Waals surface area contributed by atoms with Crippen LogP contribution in [-0.4, -0.2) is 23.5 Å². The minimum atomic E-state index is -0.515. The first-order valence-electron chi connectivity index (χ1n) is 6.14. The normalized spacial score (nSPS) is 23.3. The van der Waals surface area contributed by atoms with E-state index in [4.69, 9.17) is 4.74 Å². The van der Waals surface area contributed by atoms with Gasteiger partial charge in [-0.05, 0) is 39.7 Å². The number of alkyl carbamates (subject to hydrolysis) is 1. The number of hydrogen-bond donors (Lipinski definition) is 1. The molecule has 0 aromatic heterocycles. The average molecular weight is 251 g/mol. The van der Waals surface area contributed by atoms with E-state index in [0.717, 1.165) is 0 Å². The lowest BCUT2D eigenvalue weighted by Gasteiger charge is -2.26. The van der Waals surface area contributed by atoms with Gasteiger partial charge in [-0.2, -0.15) is 0 Å². The molecule has 0 aliphatic heterocycles. The van der Waals surface area contributed by atoms with Crippen molar-refractivity contribution >= 4 is 11.9 Å². The lowest BCUT2D eigenvalue weighted by molar-refractivity contribution is -0.118. The molecule has 0 aromatic carbocycles. The van der Waals surface area contributed by atoms with Crippen molar-refractivity contribution in [1.82, 2.24) is 5.32 Å². The molecule has 0 bridgehead atoms. The van der Waals surface area contributed by atoms with Crippen molar-refractivity contribution in [1.29, 1.82) is 0 Å². The molecule has 4 nitrogen and oxygen atoms in total. The van der Waals surface area contributed by atoms with Crippen LogP contribution in [0, 0.1) is 5.92 Å². The van der Waals surface area contributed by atoms with Gasteiger partial charge in [-0.25, -0.2) is 4.79 Å².